The zero-order valence-corrected chi connectivity index (χ0v) is 15.2. The lowest BCUT2D eigenvalue weighted by atomic mass is 10.1. The summed E-state index contributed by atoms with van der Waals surface area (Å²) in [6.07, 6.45) is 16.8. The second kappa shape index (κ2) is 14.3. The van der Waals surface area contributed by atoms with Crippen LogP contribution in [0, 0.1) is 0 Å². The minimum absolute atomic E-state index is 0.547. The van der Waals surface area contributed by atoms with Crippen molar-refractivity contribution in [2.24, 2.45) is 0 Å². The molecule has 0 unspecified atom stereocenters. The Labute approximate surface area is 151 Å². The lowest BCUT2D eigenvalue weighted by molar-refractivity contribution is -0.124. The Kier molecular flexibility index (Phi) is 12.0. The molecule has 138 valence electrons. The number of allylic oxidation sites excluding steroid dienone is 2. The molecule has 0 saturated carbocycles. The van der Waals surface area contributed by atoms with E-state index in [1.165, 1.54) is 56.5 Å². The van der Waals surface area contributed by atoms with E-state index < -0.39 is 5.91 Å². The van der Waals surface area contributed by atoms with Crippen molar-refractivity contribution in [2.75, 3.05) is 6.61 Å². The lowest BCUT2D eigenvalue weighted by Gasteiger charge is -2.06. The van der Waals surface area contributed by atoms with Crippen molar-refractivity contribution in [2.45, 2.75) is 58.3 Å². The summed E-state index contributed by atoms with van der Waals surface area (Å²) >= 11 is 0. The minimum atomic E-state index is -0.547. The SMILES string of the molecule is CCCCCCCCCCOc1ccc(/C=C/C=C/C(=O)NO)cc1. The first kappa shape index (κ1) is 21.0. The van der Waals surface area contributed by atoms with Gasteiger partial charge in [0.15, 0.2) is 0 Å². The van der Waals surface area contributed by atoms with Gasteiger partial charge in [-0.2, -0.15) is 0 Å². The average Bonchev–Trinajstić information content (AvgIpc) is 2.64. The second-order valence-electron chi connectivity index (χ2n) is 6.09. The Bertz CT molecular complexity index is 520. The van der Waals surface area contributed by atoms with E-state index in [0.29, 0.717) is 0 Å². The van der Waals surface area contributed by atoms with E-state index in [4.69, 9.17) is 9.94 Å². The molecule has 4 nitrogen and oxygen atoms in total. The summed E-state index contributed by atoms with van der Waals surface area (Å²) in [6, 6.07) is 7.85. The van der Waals surface area contributed by atoms with Crippen molar-refractivity contribution in [3.8, 4) is 5.75 Å². The molecule has 0 aliphatic rings. The number of rotatable bonds is 13. The molecule has 0 aromatic heterocycles. The van der Waals surface area contributed by atoms with E-state index in [2.05, 4.69) is 6.92 Å². The molecule has 0 spiro atoms. The van der Waals surface area contributed by atoms with Gasteiger partial charge in [-0.05, 0) is 24.1 Å². The summed E-state index contributed by atoms with van der Waals surface area (Å²) < 4.78 is 5.76. The van der Waals surface area contributed by atoms with Crippen LogP contribution >= 0.6 is 0 Å². The van der Waals surface area contributed by atoms with E-state index in [1.54, 1.807) is 12.2 Å². The molecule has 0 radical (unpaired) electrons. The number of hydrogen-bond donors (Lipinski definition) is 2. The molecule has 1 aromatic carbocycles. The van der Waals surface area contributed by atoms with Gasteiger partial charge in [-0.15, -0.1) is 0 Å². The molecule has 0 atom stereocenters. The Morgan fingerprint density at radius 3 is 2.28 bits per heavy atom. The van der Waals surface area contributed by atoms with Crippen LogP contribution in [0.5, 0.6) is 5.75 Å². The third-order valence-electron chi connectivity index (χ3n) is 3.90. The van der Waals surface area contributed by atoms with E-state index in [0.717, 1.165) is 24.3 Å². The van der Waals surface area contributed by atoms with Crippen molar-refractivity contribution in [1.82, 2.24) is 5.48 Å². The molecule has 25 heavy (non-hydrogen) atoms. The van der Waals surface area contributed by atoms with Crippen molar-refractivity contribution in [3.05, 3.63) is 48.1 Å². The predicted octanol–water partition coefficient (Wildman–Crippen LogP) is 5.28. The van der Waals surface area contributed by atoms with Gasteiger partial charge in [0.2, 0.25) is 0 Å². The number of carbonyl (C=O) groups excluding carboxylic acids is 1. The highest BCUT2D eigenvalue weighted by Crippen LogP contribution is 2.14. The fourth-order valence-corrected chi connectivity index (χ4v) is 2.45. The van der Waals surface area contributed by atoms with Crippen LogP contribution in [-0.2, 0) is 4.79 Å². The van der Waals surface area contributed by atoms with Gasteiger partial charge >= 0.3 is 0 Å². The van der Waals surface area contributed by atoms with E-state index >= 15 is 0 Å². The third kappa shape index (κ3) is 11.2. The highest BCUT2D eigenvalue weighted by molar-refractivity contribution is 5.86. The first-order chi connectivity index (χ1) is 12.3. The van der Waals surface area contributed by atoms with Crippen LogP contribution in [0.4, 0.5) is 0 Å². The van der Waals surface area contributed by atoms with Gasteiger partial charge in [0.1, 0.15) is 5.75 Å². The molecule has 0 fully saturated rings. The second-order valence-corrected chi connectivity index (χ2v) is 6.09. The zero-order chi connectivity index (χ0) is 18.2. The maximum absolute atomic E-state index is 10.8. The number of hydroxylamine groups is 1. The van der Waals surface area contributed by atoms with E-state index in [-0.39, 0.29) is 0 Å². The highest BCUT2D eigenvalue weighted by atomic mass is 16.5. The largest absolute Gasteiger partial charge is 0.494 e. The van der Waals surface area contributed by atoms with E-state index in [9.17, 15) is 4.79 Å². The van der Waals surface area contributed by atoms with Gasteiger partial charge < -0.3 is 4.74 Å². The molecule has 1 aromatic rings. The van der Waals surface area contributed by atoms with Crippen LogP contribution in [0.1, 0.15) is 63.9 Å². The minimum Gasteiger partial charge on any atom is -0.494 e. The van der Waals surface area contributed by atoms with Crippen LogP contribution in [0.15, 0.2) is 42.5 Å². The summed E-state index contributed by atoms with van der Waals surface area (Å²) in [5, 5.41) is 8.36. The topological polar surface area (TPSA) is 58.6 Å². The summed E-state index contributed by atoms with van der Waals surface area (Å²) in [6.45, 7) is 3.01. The molecule has 0 saturated heterocycles. The molecule has 0 heterocycles. The molecule has 1 rings (SSSR count). The molecule has 1 amide bonds. The number of unbranched alkanes of at least 4 members (excludes halogenated alkanes) is 7. The van der Waals surface area contributed by atoms with Crippen LogP contribution < -0.4 is 10.2 Å². The van der Waals surface area contributed by atoms with Crippen LogP contribution in [0.25, 0.3) is 6.08 Å². The molecule has 0 aliphatic heterocycles. The number of hydrogen-bond acceptors (Lipinski definition) is 3. The summed E-state index contributed by atoms with van der Waals surface area (Å²) in [5.74, 6) is 0.338. The predicted molar refractivity (Wildman–Crippen MR) is 103 cm³/mol. The van der Waals surface area contributed by atoms with Gasteiger partial charge in [-0.25, -0.2) is 5.48 Å². The standard InChI is InChI=1S/C21H31NO3/c1-2-3-4-5-6-7-8-11-18-25-20-16-14-19(15-17-20)12-9-10-13-21(23)22-24/h9-10,12-17,24H,2-8,11,18H2,1H3,(H,22,23)/b12-9+,13-10+. The van der Waals surface area contributed by atoms with Crippen molar-refractivity contribution >= 4 is 12.0 Å². The smallest absolute Gasteiger partial charge is 0.267 e. The monoisotopic (exact) mass is 345 g/mol. The maximum Gasteiger partial charge on any atom is 0.267 e. The molecule has 2 N–H and O–H groups in total. The summed E-state index contributed by atoms with van der Waals surface area (Å²) in [5.41, 5.74) is 2.56. The number of amides is 1. The highest BCUT2D eigenvalue weighted by Gasteiger charge is 1.95. The first-order valence-corrected chi connectivity index (χ1v) is 9.28. The zero-order valence-electron chi connectivity index (χ0n) is 15.2. The average molecular weight is 345 g/mol. The number of nitrogens with one attached hydrogen (secondary N) is 1. The molecular formula is C21H31NO3. The number of ether oxygens (including phenoxy) is 1. The van der Waals surface area contributed by atoms with Gasteiger partial charge in [0.25, 0.3) is 5.91 Å². The first-order valence-electron chi connectivity index (χ1n) is 9.28. The normalized spacial score (nSPS) is 11.3. The number of benzene rings is 1. The Morgan fingerprint density at radius 1 is 1.00 bits per heavy atom. The fourth-order valence-electron chi connectivity index (χ4n) is 2.45. The molecule has 4 heteroatoms. The molecular weight excluding hydrogens is 314 g/mol. The third-order valence-corrected chi connectivity index (χ3v) is 3.90. The van der Waals surface area contributed by atoms with Gasteiger partial charge in [-0.1, -0.05) is 82.2 Å². The lowest BCUT2D eigenvalue weighted by Crippen LogP contribution is -2.14. The van der Waals surface area contributed by atoms with Crippen LogP contribution in [0.2, 0.25) is 0 Å². The Hall–Kier alpha value is -2.07. The Morgan fingerprint density at radius 2 is 1.64 bits per heavy atom. The van der Waals surface area contributed by atoms with Gasteiger partial charge in [-0.3, -0.25) is 10.0 Å². The quantitative estimate of drug-likeness (QED) is 0.168. The fraction of sp³-hybridized carbons (Fsp3) is 0.476. The van der Waals surface area contributed by atoms with Crippen LogP contribution in [0.3, 0.4) is 0 Å². The maximum atomic E-state index is 10.8. The van der Waals surface area contributed by atoms with E-state index in [1.807, 2.05) is 30.3 Å². The number of carbonyl (C=O) groups is 1. The van der Waals surface area contributed by atoms with Crippen molar-refractivity contribution in [3.63, 3.8) is 0 Å². The van der Waals surface area contributed by atoms with Crippen molar-refractivity contribution < 1.29 is 14.7 Å². The van der Waals surface area contributed by atoms with Gasteiger partial charge in [0.05, 0.1) is 6.61 Å². The van der Waals surface area contributed by atoms with Crippen molar-refractivity contribution in [1.29, 1.82) is 0 Å². The van der Waals surface area contributed by atoms with Gasteiger partial charge in [0, 0.05) is 6.08 Å². The van der Waals surface area contributed by atoms with Crippen LogP contribution in [-0.4, -0.2) is 17.7 Å². The molecule has 0 bridgehead atoms. The summed E-state index contributed by atoms with van der Waals surface area (Å²) in [4.78, 5) is 10.8. The summed E-state index contributed by atoms with van der Waals surface area (Å²) in [7, 11) is 0. The Balaban J connectivity index is 2.14. The molecule has 0 aliphatic carbocycles.